The molecule has 2 aromatic rings. The number of nitrogens with zero attached hydrogens (tertiary/aromatic N) is 3. The van der Waals surface area contributed by atoms with Gasteiger partial charge in [0.15, 0.2) is 0 Å². The topological polar surface area (TPSA) is 38.1 Å². The first-order chi connectivity index (χ1) is 18.0. The van der Waals surface area contributed by atoms with Gasteiger partial charge in [-0.1, -0.05) is 75.3 Å². The highest BCUT2D eigenvalue weighted by Gasteiger charge is 2.53. The molecule has 1 amide bonds. The van der Waals surface area contributed by atoms with E-state index in [2.05, 4.69) is 50.4 Å². The fourth-order valence-electron chi connectivity index (χ4n) is 7.99. The second-order valence-corrected chi connectivity index (χ2v) is 13.8. The van der Waals surface area contributed by atoms with Gasteiger partial charge in [0.1, 0.15) is 4.32 Å². The summed E-state index contributed by atoms with van der Waals surface area (Å²) in [5.41, 5.74) is 3.56. The third kappa shape index (κ3) is 4.85. The molecule has 0 N–H and O–H groups in total. The van der Waals surface area contributed by atoms with Crippen LogP contribution >= 0.6 is 24.0 Å². The minimum Gasteiger partial charge on any atom is -0.293 e. The molecule has 0 spiro atoms. The number of carbonyl (C=O) groups excluding carboxylic acids is 1. The zero-order chi connectivity index (χ0) is 25.6. The minimum absolute atomic E-state index is 0.0777. The Balaban J connectivity index is 1.34. The van der Waals surface area contributed by atoms with Crippen LogP contribution in [0.25, 0.3) is 11.8 Å². The first kappa shape index (κ1) is 25.4. The van der Waals surface area contributed by atoms with Gasteiger partial charge in [-0.15, -0.1) is 0 Å². The molecule has 5 fully saturated rings. The van der Waals surface area contributed by atoms with Crippen LogP contribution in [0.4, 0.5) is 0 Å². The summed E-state index contributed by atoms with van der Waals surface area (Å²) in [5.74, 6) is 3.11. The molecule has 4 aliphatic carbocycles. The first-order valence-electron chi connectivity index (χ1n) is 14.4. The molecule has 0 radical (unpaired) electrons. The van der Waals surface area contributed by atoms with Gasteiger partial charge < -0.3 is 0 Å². The number of hydrogen-bond acceptors (Lipinski definition) is 4. The summed E-state index contributed by atoms with van der Waals surface area (Å²) < 4.78 is 2.75. The predicted octanol–water partition coefficient (Wildman–Crippen LogP) is 7.76. The van der Waals surface area contributed by atoms with Gasteiger partial charge >= 0.3 is 0 Å². The zero-order valence-electron chi connectivity index (χ0n) is 22.2. The number of thiocarbonyl (C=S) groups is 1. The molecule has 1 atom stereocenters. The Bertz CT molecular complexity index is 1170. The lowest BCUT2D eigenvalue weighted by Crippen LogP contribution is -2.49. The van der Waals surface area contributed by atoms with Gasteiger partial charge in [-0.3, -0.25) is 9.69 Å². The molecule has 1 unspecified atom stereocenters. The van der Waals surface area contributed by atoms with Crippen LogP contribution in [0, 0.1) is 23.7 Å². The Morgan fingerprint density at radius 2 is 1.78 bits per heavy atom. The van der Waals surface area contributed by atoms with E-state index in [0.29, 0.717) is 10.2 Å². The zero-order valence-corrected chi connectivity index (χ0v) is 23.8. The summed E-state index contributed by atoms with van der Waals surface area (Å²) in [6, 6.07) is 10.4. The highest BCUT2D eigenvalue weighted by atomic mass is 32.2. The maximum absolute atomic E-state index is 13.6. The van der Waals surface area contributed by atoms with E-state index in [0.717, 1.165) is 53.3 Å². The molecule has 6 heteroatoms. The summed E-state index contributed by atoms with van der Waals surface area (Å²) in [6.07, 6.45) is 16.9. The largest absolute Gasteiger partial charge is 0.293 e. The summed E-state index contributed by atoms with van der Waals surface area (Å²) in [5, 5.41) is 5.28. The van der Waals surface area contributed by atoms with E-state index < -0.39 is 0 Å². The Morgan fingerprint density at radius 1 is 1.11 bits per heavy atom. The van der Waals surface area contributed by atoms with Crippen LogP contribution in [0.1, 0.15) is 89.3 Å². The SMILES string of the molecule is CCCCC(CC)CN1C(=O)/C(=C/c2cn(-c3ccccc3)nc2C23CC4CC(CC(C4)C2)C3)SC1=S. The lowest BCUT2D eigenvalue weighted by Gasteiger charge is -2.56. The monoisotopic (exact) mass is 533 g/mol. The quantitative estimate of drug-likeness (QED) is 0.244. The van der Waals surface area contributed by atoms with Gasteiger partial charge in [-0.05, 0) is 86.8 Å². The van der Waals surface area contributed by atoms with Crippen LogP contribution in [-0.4, -0.2) is 31.5 Å². The van der Waals surface area contributed by atoms with Crippen molar-refractivity contribution in [3.05, 3.63) is 52.7 Å². The molecular weight excluding hydrogens is 494 g/mol. The fraction of sp³-hybridized carbons (Fsp3) is 0.581. The number of amides is 1. The molecule has 5 aliphatic rings. The molecule has 1 aromatic carbocycles. The van der Waals surface area contributed by atoms with Gasteiger partial charge in [-0.2, -0.15) is 5.10 Å². The number of unbranched alkanes of at least 4 members (excludes halogenated alkanes) is 1. The molecule has 1 aromatic heterocycles. The predicted molar refractivity (Wildman–Crippen MR) is 157 cm³/mol. The smallest absolute Gasteiger partial charge is 0.266 e. The van der Waals surface area contributed by atoms with E-state index in [1.807, 2.05) is 15.6 Å². The Morgan fingerprint density at radius 3 is 2.41 bits per heavy atom. The number of aromatic nitrogens is 2. The second kappa shape index (κ2) is 10.3. The van der Waals surface area contributed by atoms with E-state index >= 15 is 0 Å². The molecule has 1 saturated heterocycles. The number of para-hydroxylation sites is 1. The summed E-state index contributed by atoms with van der Waals surface area (Å²) in [7, 11) is 0. The number of hydrogen-bond donors (Lipinski definition) is 0. The molecule has 37 heavy (non-hydrogen) atoms. The molecule has 7 rings (SSSR count). The van der Waals surface area contributed by atoms with Crippen LogP contribution in [-0.2, 0) is 10.2 Å². The molecule has 1 aliphatic heterocycles. The maximum Gasteiger partial charge on any atom is 0.266 e. The molecule has 4 nitrogen and oxygen atoms in total. The van der Waals surface area contributed by atoms with Crippen molar-refractivity contribution in [2.45, 2.75) is 83.5 Å². The highest BCUT2D eigenvalue weighted by molar-refractivity contribution is 8.26. The van der Waals surface area contributed by atoms with Crippen LogP contribution in [0.3, 0.4) is 0 Å². The first-order valence-corrected chi connectivity index (χ1v) is 15.6. The van der Waals surface area contributed by atoms with Crippen molar-refractivity contribution in [1.29, 1.82) is 0 Å². The lowest BCUT2D eigenvalue weighted by atomic mass is 9.48. The van der Waals surface area contributed by atoms with Crippen LogP contribution in [0.15, 0.2) is 41.4 Å². The van der Waals surface area contributed by atoms with Gasteiger partial charge in [0.05, 0.1) is 16.3 Å². The van der Waals surface area contributed by atoms with Gasteiger partial charge in [0, 0.05) is 23.7 Å². The number of benzene rings is 1. The standard InChI is InChI=1S/C31H39N3OS2/c1-3-5-9-21(4-2)19-33-29(35)27(37-30(33)36)15-25-20-34(26-10-7-6-8-11-26)32-28(25)31-16-22-12-23(17-31)14-24(13-22)18-31/h6-8,10-11,15,20-24H,3-5,9,12-14,16-19H2,1-2H3/b27-15-. The van der Waals surface area contributed by atoms with Crippen LogP contribution in [0.2, 0.25) is 0 Å². The normalized spacial score (nSPS) is 30.6. The molecule has 4 saturated carbocycles. The van der Waals surface area contributed by atoms with Gasteiger partial charge in [0.25, 0.3) is 5.91 Å². The number of thioether (sulfide) groups is 1. The summed E-state index contributed by atoms with van der Waals surface area (Å²) in [6.45, 7) is 5.19. The third-order valence-electron chi connectivity index (χ3n) is 9.45. The van der Waals surface area contributed by atoms with Gasteiger partial charge in [0.2, 0.25) is 0 Å². The van der Waals surface area contributed by atoms with Crippen molar-refractivity contribution in [3.8, 4) is 5.69 Å². The second-order valence-electron chi connectivity index (χ2n) is 12.1. The molecule has 2 heterocycles. The van der Waals surface area contributed by atoms with Crippen molar-refractivity contribution >= 4 is 40.3 Å². The Labute approximate surface area is 231 Å². The summed E-state index contributed by atoms with van der Waals surface area (Å²) >= 11 is 7.20. The molecule has 4 bridgehead atoms. The van der Waals surface area contributed by atoms with Gasteiger partial charge in [-0.25, -0.2) is 4.68 Å². The van der Waals surface area contributed by atoms with Crippen molar-refractivity contribution < 1.29 is 4.79 Å². The highest BCUT2D eigenvalue weighted by Crippen LogP contribution is 2.61. The Hall–Kier alpha value is -1.92. The molecular formula is C31H39N3OS2. The van der Waals surface area contributed by atoms with Crippen molar-refractivity contribution in [2.24, 2.45) is 23.7 Å². The average molecular weight is 534 g/mol. The van der Waals surface area contributed by atoms with E-state index in [1.54, 1.807) is 0 Å². The van der Waals surface area contributed by atoms with Crippen LogP contribution in [0.5, 0.6) is 0 Å². The number of rotatable bonds is 9. The van der Waals surface area contributed by atoms with Crippen molar-refractivity contribution in [1.82, 2.24) is 14.7 Å². The lowest BCUT2D eigenvalue weighted by molar-refractivity contribution is -0.122. The van der Waals surface area contributed by atoms with Crippen LogP contribution < -0.4 is 0 Å². The van der Waals surface area contributed by atoms with Crippen molar-refractivity contribution in [2.75, 3.05) is 6.54 Å². The average Bonchev–Trinajstić information content (AvgIpc) is 3.43. The minimum atomic E-state index is 0.0777. The molecule has 196 valence electrons. The number of carbonyl (C=O) groups is 1. The van der Waals surface area contributed by atoms with E-state index in [4.69, 9.17) is 17.3 Å². The van der Waals surface area contributed by atoms with E-state index in [-0.39, 0.29) is 11.3 Å². The Kier molecular flexibility index (Phi) is 7.08. The van der Waals surface area contributed by atoms with Crippen molar-refractivity contribution in [3.63, 3.8) is 0 Å². The fourth-order valence-corrected chi connectivity index (χ4v) is 9.26. The summed E-state index contributed by atoms with van der Waals surface area (Å²) in [4.78, 5) is 16.2. The van der Waals surface area contributed by atoms with E-state index in [1.165, 1.54) is 68.8 Å². The third-order valence-corrected chi connectivity index (χ3v) is 10.8. The maximum atomic E-state index is 13.6. The van der Waals surface area contributed by atoms with E-state index in [9.17, 15) is 4.79 Å².